The smallest absolute Gasteiger partial charge is 0.334 e. The average molecular weight is 583 g/mol. The van der Waals surface area contributed by atoms with E-state index in [9.17, 15) is 0 Å². The van der Waals surface area contributed by atoms with Gasteiger partial charge in [-0.3, -0.25) is 0 Å². The molecule has 0 bridgehead atoms. The topological polar surface area (TPSA) is 64.6 Å². The SMILES string of the molecule is CCO[Si](CCOC(C)C)(O[Si](CCOC(C)C)(O[Si](CCOC(C)C)(OC)C(C)C)C(C)C)C(C)C. The lowest BCUT2D eigenvalue weighted by molar-refractivity contribution is 0.0761. The van der Waals surface area contributed by atoms with Crippen LogP contribution in [0.25, 0.3) is 0 Å². The van der Waals surface area contributed by atoms with Crippen molar-refractivity contribution in [1.29, 1.82) is 0 Å². The number of rotatable bonds is 22. The van der Waals surface area contributed by atoms with Gasteiger partial charge in [-0.15, -0.1) is 0 Å². The number of ether oxygens (including phenoxy) is 3. The maximum absolute atomic E-state index is 7.47. The molecule has 0 amide bonds. The molecule has 0 radical (unpaired) electrons. The Hall–Kier alpha value is 0.371. The van der Waals surface area contributed by atoms with Crippen molar-refractivity contribution in [3.05, 3.63) is 0 Å². The van der Waals surface area contributed by atoms with Crippen molar-refractivity contribution >= 4 is 25.7 Å². The first-order valence-corrected chi connectivity index (χ1v) is 20.9. The van der Waals surface area contributed by atoms with Crippen LogP contribution in [0.1, 0.15) is 90.0 Å². The minimum Gasteiger partial charge on any atom is -0.414 e. The molecule has 0 spiro atoms. The molecule has 0 aromatic rings. The zero-order valence-electron chi connectivity index (χ0n) is 26.8. The molecule has 0 saturated carbocycles. The molecule has 0 aromatic heterocycles. The summed E-state index contributed by atoms with van der Waals surface area (Å²) in [5.74, 6) is 0. The number of hydrogen-bond acceptors (Lipinski definition) is 7. The molecule has 3 unspecified atom stereocenters. The van der Waals surface area contributed by atoms with Crippen molar-refractivity contribution in [3.63, 3.8) is 0 Å². The van der Waals surface area contributed by atoms with Gasteiger partial charge in [0, 0.05) is 51.7 Å². The van der Waals surface area contributed by atoms with E-state index in [-0.39, 0.29) is 34.9 Å². The minimum atomic E-state index is -2.91. The first-order valence-electron chi connectivity index (χ1n) is 14.6. The Morgan fingerprint density at radius 1 is 0.486 bits per heavy atom. The van der Waals surface area contributed by atoms with Crippen LogP contribution in [0.3, 0.4) is 0 Å². The van der Waals surface area contributed by atoms with Gasteiger partial charge in [0.25, 0.3) is 0 Å². The van der Waals surface area contributed by atoms with Crippen molar-refractivity contribution in [3.8, 4) is 0 Å². The lowest BCUT2D eigenvalue weighted by atomic mass is 10.5. The number of hydrogen-bond donors (Lipinski definition) is 0. The van der Waals surface area contributed by atoms with Crippen molar-refractivity contribution in [2.45, 2.75) is 143 Å². The molecule has 0 aliphatic carbocycles. The van der Waals surface area contributed by atoms with Crippen LogP contribution >= 0.6 is 0 Å². The maximum atomic E-state index is 7.47. The second-order valence-electron chi connectivity index (χ2n) is 11.7. The standard InChI is InChI=1S/C27H62O7Si3/c1-15-32-36(26(10)11,20-17-30-23(4)5)34-37(27(12)13,21-18-31-24(6)7)33-35(28-14,25(8)9)19-16-29-22(2)3/h22-27H,15-21H2,1-14H3. The summed E-state index contributed by atoms with van der Waals surface area (Å²) in [6.45, 7) is 30.2. The Morgan fingerprint density at radius 2 is 0.811 bits per heavy atom. The molecule has 37 heavy (non-hydrogen) atoms. The van der Waals surface area contributed by atoms with Crippen molar-refractivity contribution in [2.75, 3.05) is 33.5 Å². The van der Waals surface area contributed by atoms with E-state index in [1.54, 1.807) is 7.11 Å². The Balaban J connectivity index is 6.60. The monoisotopic (exact) mass is 582 g/mol. The third kappa shape index (κ3) is 12.6. The third-order valence-corrected chi connectivity index (χ3v) is 21.7. The zero-order chi connectivity index (χ0) is 28.9. The van der Waals surface area contributed by atoms with E-state index < -0.39 is 25.7 Å². The molecule has 0 aliphatic heterocycles. The van der Waals surface area contributed by atoms with E-state index in [0.29, 0.717) is 26.4 Å². The fraction of sp³-hybridized carbons (Fsp3) is 1.00. The summed E-state index contributed by atoms with van der Waals surface area (Å²) in [5.41, 5.74) is 0.664. The molecule has 7 nitrogen and oxygen atoms in total. The van der Waals surface area contributed by atoms with Gasteiger partial charge in [0.15, 0.2) is 0 Å². The molecule has 0 rings (SSSR count). The third-order valence-electron chi connectivity index (χ3n) is 6.77. The van der Waals surface area contributed by atoms with E-state index in [4.69, 9.17) is 31.3 Å². The summed E-state index contributed by atoms with van der Waals surface area (Å²) in [6.07, 6.45) is 0.475. The summed E-state index contributed by atoms with van der Waals surface area (Å²) >= 11 is 0. The second-order valence-corrected chi connectivity index (χ2v) is 23.9. The van der Waals surface area contributed by atoms with E-state index in [1.807, 2.05) is 0 Å². The first-order chi connectivity index (χ1) is 17.1. The average Bonchev–Trinajstić information content (AvgIpc) is 2.77. The van der Waals surface area contributed by atoms with Crippen LogP contribution in [-0.4, -0.2) is 77.5 Å². The minimum absolute atomic E-state index is 0.145. The van der Waals surface area contributed by atoms with Gasteiger partial charge in [-0.1, -0.05) is 41.5 Å². The molecule has 0 N–H and O–H groups in total. The maximum Gasteiger partial charge on any atom is 0.334 e. The van der Waals surface area contributed by atoms with Crippen molar-refractivity contribution in [1.82, 2.24) is 0 Å². The van der Waals surface area contributed by atoms with Crippen LogP contribution in [0.4, 0.5) is 0 Å². The molecule has 0 heterocycles. The molecule has 10 heteroatoms. The highest BCUT2D eigenvalue weighted by molar-refractivity contribution is 6.88. The van der Waals surface area contributed by atoms with Crippen LogP contribution < -0.4 is 0 Å². The van der Waals surface area contributed by atoms with Gasteiger partial charge >= 0.3 is 25.7 Å². The van der Waals surface area contributed by atoms with E-state index in [0.717, 1.165) is 18.1 Å². The van der Waals surface area contributed by atoms with Gasteiger partial charge in [-0.2, -0.15) is 0 Å². The van der Waals surface area contributed by atoms with E-state index in [1.165, 1.54) is 0 Å². The van der Waals surface area contributed by atoms with Crippen molar-refractivity contribution in [2.24, 2.45) is 0 Å². The molecular formula is C27H62O7Si3. The van der Waals surface area contributed by atoms with Gasteiger partial charge in [0.2, 0.25) is 0 Å². The van der Waals surface area contributed by atoms with Crippen LogP contribution in [-0.2, 0) is 31.3 Å². The fourth-order valence-corrected chi connectivity index (χ4v) is 20.1. The molecule has 0 fully saturated rings. The van der Waals surface area contributed by atoms with Gasteiger partial charge in [-0.05, 0) is 65.1 Å². The molecule has 0 aromatic carbocycles. The summed E-state index contributed by atoms with van der Waals surface area (Å²) in [4.78, 5) is 0. The summed E-state index contributed by atoms with van der Waals surface area (Å²) in [6, 6.07) is 2.26. The highest BCUT2D eigenvalue weighted by Crippen LogP contribution is 2.42. The zero-order valence-corrected chi connectivity index (χ0v) is 29.8. The van der Waals surface area contributed by atoms with Gasteiger partial charge in [-0.25, -0.2) is 0 Å². The molecule has 0 saturated heterocycles. The summed E-state index contributed by atoms with van der Waals surface area (Å²) < 4.78 is 46.0. The predicted molar refractivity (Wildman–Crippen MR) is 161 cm³/mol. The summed E-state index contributed by atoms with van der Waals surface area (Å²) in [5, 5.41) is 0. The van der Waals surface area contributed by atoms with Gasteiger partial charge in [0.05, 0.1) is 18.3 Å². The Kier molecular flexibility index (Phi) is 18.1. The predicted octanol–water partition coefficient (Wildman–Crippen LogP) is 7.53. The molecule has 224 valence electrons. The van der Waals surface area contributed by atoms with Gasteiger partial charge in [0.1, 0.15) is 0 Å². The first kappa shape index (κ1) is 37.4. The fourth-order valence-electron chi connectivity index (χ4n) is 4.35. The normalized spacial score (nSPS) is 17.8. The lowest BCUT2D eigenvalue weighted by Gasteiger charge is -2.49. The molecule has 0 aliphatic rings. The van der Waals surface area contributed by atoms with Crippen LogP contribution in [0.15, 0.2) is 0 Å². The summed E-state index contributed by atoms with van der Waals surface area (Å²) in [7, 11) is -6.53. The van der Waals surface area contributed by atoms with Crippen LogP contribution in [0, 0.1) is 0 Å². The van der Waals surface area contributed by atoms with Crippen LogP contribution in [0.5, 0.6) is 0 Å². The molecule has 3 atom stereocenters. The highest BCUT2D eigenvalue weighted by atomic mass is 28.5. The Bertz CT molecular complexity index is 592. The van der Waals surface area contributed by atoms with Gasteiger partial charge < -0.3 is 31.3 Å². The highest BCUT2D eigenvalue weighted by Gasteiger charge is 2.57. The lowest BCUT2D eigenvalue weighted by Crippen LogP contribution is -2.64. The quantitative estimate of drug-likeness (QED) is 0.122. The Morgan fingerprint density at radius 3 is 1.11 bits per heavy atom. The Labute approximate surface area is 233 Å². The van der Waals surface area contributed by atoms with Crippen molar-refractivity contribution < 1.29 is 31.3 Å². The largest absolute Gasteiger partial charge is 0.414 e. The second kappa shape index (κ2) is 17.9. The molecular weight excluding hydrogens is 521 g/mol. The van der Waals surface area contributed by atoms with E-state index >= 15 is 0 Å². The van der Waals surface area contributed by atoms with Crippen LogP contribution in [0.2, 0.25) is 34.8 Å². The van der Waals surface area contributed by atoms with E-state index in [2.05, 4.69) is 90.0 Å².